The fourth-order valence-electron chi connectivity index (χ4n) is 1.19. The lowest BCUT2D eigenvalue weighted by Crippen LogP contribution is -1.97. The Morgan fingerprint density at radius 3 is 1.94 bits per heavy atom. The van der Waals surface area contributed by atoms with E-state index in [0.717, 1.165) is 6.42 Å². The number of rotatable bonds is 5. The molecule has 0 aliphatic carbocycles. The highest BCUT2D eigenvalue weighted by Crippen LogP contribution is 2.00. The highest BCUT2D eigenvalue weighted by atomic mass is 79.9. The average molecular weight is 299 g/mol. The Kier molecular flexibility index (Phi) is 18.1. The first kappa shape index (κ1) is 18.8. The van der Waals surface area contributed by atoms with Crippen molar-refractivity contribution < 1.29 is 5.11 Å². The normalized spacial score (nSPS) is 8.69. The van der Waals surface area contributed by atoms with Gasteiger partial charge in [-0.1, -0.05) is 50.8 Å². The van der Waals surface area contributed by atoms with Crippen LogP contribution in [-0.2, 0) is 0 Å². The summed E-state index contributed by atoms with van der Waals surface area (Å²) in [5, 5.41) is 8.37. The minimum Gasteiger partial charge on any atom is -0.396 e. The first-order chi connectivity index (χ1) is 7.31. The van der Waals surface area contributed by atoms with Crippen molar-refractivity contribution in [3.63, 3.8) is 0 Å². The predicted molar refractivity (Wildman–Crippen MR) is 78.0 cm³/mol. The van der Waals surface area contributed by atoms with Crippen molar-refractivity contribution in [2.45, 2.75) is 39.0 Å². The van der Waals surface area contributed by atoms with E-state index in [2.05, 4.69) is 19.1 Å². The van der Waals surface area contributed by atoms with Crippen LogP contribution in [0.15, 0.2) is 30.3 Å². The molecular formula is C13H22BrMgO+2. The molecule has 1 aromatic carbocycles. The molecule has 0 spiro atoms. The van der Waals surface area contributed by atoms with Crippen molar-refractivity contribution in [3.05, 3.63) is 30.3 Å². The second-order valence-electron chi connectivity index (χ2n) is 3.62. The molecule has 0 saturated heterocycles. The highest BCUT2D eigenvalue weighted by molar-refractivity contribution is 8.93. The third-order valence-electron chi connectivity index (χ3n) is 2.10. The minimum absolute atomic E-state index is 0. The number of benzene rings is 1. The first-order valence-corrected chi connectivity index (χ1v) is 6.49. The molecule has 0 atom stereocenters. The molecule has 87 valence electrons. The maximum Gasteiger partial charge on any atom is 1.47 e. The minimum atomic E-state index is 0. The van der Waals surface area contributed by atoms with Crippen LogP contribution < -0.4 is 3.69 Å². The molecule has 0 aromatic heterocycles. The molecular weight excluding hydrogens is 276 g/mol. The summed E-state index contributed by atoms with van der Waals surface area (Å²) in [5.74, 6) is 0. The van der Waals surface area contributed by atoms with E-state index < -0.39 is 0 Å². The summed E-state index contributed by atoms with van der Waals surface area (Å²) in [5.41, 5.74) is 0. The Bertz CT molecular complexity index is 210. The van der Waals surface area contributed by atoms with E-state index in [4.69, 9.17) is 5.11 Å². The van der Waals surface area contributed by atoms with Crippen molar-refractivity contribution in [1.29, 1.82) is 0 Å². The van der Waals surface area contributed by atoms with Gasteiger partial charge in [0.05, 0.1) is 0 Å². The third kappa shape index (κ3) is 14.4. The van der Waals surface area contributed by atoms with Crippen LogP contribution >= 0.6 is 17.0 Å². The molecule has 16 heavy (non-hydrogen) atoms. The number of hydrogen-bond acceptors (Lipinski definition) is 1. The van der Waals surface area contributed by atoms with Crippen molar-refractivity contribution in [3.8, 4) is 0 Å². The Morgan fingerprint density at radius 2 is 1.56 bits per heavy atom. The van der Waals surface area contributed by atoms with Gasteiger partial charge >= 0.3 is 25.4 Å². The van der Waals surface area contributed by atoms with Crippen LogP contribution in [-0.4, -0.2) is 33.4 Å². The maximum atomic E-state index is 8.37. The van der Waals surface area contributed by atoms with E-state index in [1.807, 2.05) is 39.9 Å². The Labute approximate surface area is 123 Å². The molecule has 0 unspecified atom stereocenters. The zero-order valence-corrected chi connectivity index (χ0v) is 13.3. The lowest BCUT2D eigenvalue weighted by atomic mass is 10.2. The summed E-state index contributed by atoms with van der Waals surface area (Å²) in [4.78, 5) is 0. The SMILES string of the molecule is Br.CCCCCCCO.[Mg+2][c]1ccccc1. The van der Waals surface area contributed by atoms with Gasteiger partial charge in [-0.25, -0.2) is 0 Å². The Balaban J connectivity index is 0. The largest absolute Gasteiger partial charge is 1.47 e. The zero-order chi connectivity index (χ0) is 11.4. The lowest BCUT2D eigenvalue weighted by Gasteiger charge is -1.93. The smallest absolute Gasteiger partial charge is 0.396 e. The van der Waals surface area contributed by atoms with E-state index in [-0.39, 0.29) is 17.0 Å². The first-order valence-electron chi connectivity index (χ1n) is 5.79. The number of halogens is 1. The highest BCUT2D eigenvalue weighted by Gasteiger charge is 2.28. The zero-order valence-electron chi connectivity index (χ0n) is 10.2. The predicted octanol–water partition coefficient (Wildman–Crippen LogP) is 3.01. The van der Waals surface area contributed by atoms with Crippen molar-refractivity contribution in [2.24, 2.45) is 0 Å². The van der Waals surface area contributed by atoms with Gasteiger partial charge in [-0.05, 0) is 6.42 Å². The van der Waals surface area contributed by atoms with E-state index in [1.165, 1.54) is 29.4 Å². The summed E-state index contributed by atoms with van der Waals surface area (Å²) < 4.78 is 1.35. The van der Waals surface area contributed by atoms with Gasteiger partial charge in [0.1, 0.15) is 0 Å². The second kappa shape index (κ2) is 15.4. The molecule has 0 saturated carbocycles. The number of aliphatic hydroxyl groups excluding tert-OH is 1. The number of unbranched alkanes of at least 4 members (excludes halogenated alkanes) is 4. The fourth-order valence-corrected chi connectivity index (χ4v) is 1.47. The van der Waals surface area contributed by atoms with Crippen LogP contribution in [0, 0.1) is 0 Å². The van der Waals surface area contributed by atoms with Crippen LogP contribution in [0.5, 0.6) is 0 Å². The van der Waals surface area contributed by atoms with E-state index >= 15 is 0 Å². The third-order valence-corrected chi connectivity index (χ3v) is 2.58. The summed E-state index contributed by atoms with van der Waals surface area (Å²) in [6.07, 6.45) is 6.08. The molecule has 0 aliphatic heterocycles. The maximum absolute atomic E-state index is 8.37. The topological polar surface area (TPSA) is 20.2 Å². The van der Waals surface area contributed by atoms with Crippen molar-refractivity contribution in [1.82, 2.24) is 0 Å². The van der Waals surface area contributed by atoms with E-state index in [1.54, 1.807) is 0 Å². The molecule has 0 amide bonds. The average Bonchev–Trinajstić information content (AvgIpc) is 2.27. The van der Waals surface area contributed by atoms with Crippen LogP contribution in [0.4, 0.5) is 0 Å². The molecule has 1 aromatic rings. The van der Waals surface area contributed by atoms with Gasteiger partial charge in [-0.2, -0.15) is 0 Å². The summed E-state index contributed by atoms with van der Waals surface area (Å²) in [7, 11) is 0. The number of hydrogen-bond donors (Lipinski definition) is 1. The molecule has 1 nitrogen and oxygen atoms in total. The summed E-state index contributed by atoms with van der Waals surface area (Å²) >= 11 is 1.90. The molecule has 1 N–H and O–H groups in total. The van der Waals surface area contributed by atoms with E-state index in [9.17, 15) is 0 Å². The van der Waals surface area contributed by atoms with E-state index in [0.29, 0.717) is 6.61 Å². The van der Waals surface area contributed by atoms with Gasteiger partial charge in [0.2, 0.25) is 0 Å². The summed E-state index contributed by atoms with van der Waals surface area (Å²) in [6.45, 7) is 2.56. The Hall–Kier alpha value is 0.426. The molecule has 0 bridgehead atoms. The lowest BCUT2D eigenvalue weighted by molar-refractivity contribution is 0.282. The van der Waals surface area contributed by atoms with Crippen LogP contribution in [0.2, 0.25) is 0 Å². The molecule has 7 radical (unpaired) electrons. The van der Waals surface area contributed by atoms with Crippen LogP contribution in [0.1, 0.15) is 39.0 Å². The number of aliphatic hydroxyl groups is 1. The van der Waals surface area contributed by atoms with Crippen LogP contribution in [0.3, 0.4) is 0 Å². The van der Waals surface area contributed by atoms with Gasteiger partial charge in [0.15, 0.2) is 0 Å². The standard InChI is InChI=1S/C7H16O.C6H5.BrH.Mg/c1-2-3-4-5-6-7-8;1-2-4-6-5-3-1;;/h8H,2-7H2,1H3;1-5H;1H;/q;;;+2. The monoisotopic (exact) mass is 297 g/mol. The summed E-state index contributed by atoms with van der Waals surface area (Å²) in [6, 6.07) is 10.3. The van der Waals surface area contributed by atoms with Crippen molar-refractivity contribution in [2.75, 3.05) is 6.61 Å². The molecule has 3 heteroatoms. The molecule has 0 aliphatic rings. The molecule has 0 heterocycles. The second-order valence-corrected chi connectivity index (χ2v) is 4.44. The Morgan fingerprint density at radius 1 is 1.00 bits per heavy atom. The van der Waals surface area contributed by atoms with Gasteiger partial charge < -0.3 is 5.11 Å². The van der Waals surface area contributed by atoms with Crippen LogP contribution in [0.25, 0.3) is 0 Å². The fraction of sp³-hybridized carbons (Fsp3) is 0.538. The molecule has 1 rings (SSSR count). The quantitative estimate of drug-likeness (QED) is 0.654. The van der Waals surface area contributed by atoms with Gasteiger partial charge in [-0.15, -0.1) is 17.0 Å². The van der Waals surface area contributed by atoms with Gasteiger partial charge in [0.25, 0.3) is 0 Å². The van der Waals surface area contributed by atoms with Gasteiger partial charge in [0, 0.05) is 18.7 Å². The molecule has 0 fully saturated rings. The van der Waals surface area contributed by atoms with Gasteiger partial charge in [-0.3, -0.25) is 0 Å². The van der Waals surface area contributed by atoms with Crippen molar-refractivity contribution >= 4 is 42.4 Å².